The van der Waals surface area contributed by atoms with Gasteiger partial charge in [-0.3, -0.25) is 19.2 Å². The molecular formula is C17H27N5O2. The summed E-state index contributed by atoms with van der Waals surface area (Å²) in [6.45, 7) is 6.34. The van der Waals surface area contributed by atoms with Gasteiger partial charge in [0.2, 0.25) is 11.8 Å². The molecular weight excluding hydrogens is 306 g/mol. The van der Waals surface area contributed by atoms with Crippen molar-refractivity contribution >= 4 is 11.8 Å². The largest absolute Gasteiger partial charge is 0.369 e. The van der Waals surface area contributed by atoms with Gasteiger partial charge in [-0.1, -0.05) is 6.92 Å². The molecule has 7 nitrogen and oxygen atoms in total. The Morgan fingerprint density at radius 1 is 1.38 bits per heavy atom. The molecule has 7 heteroatoms. The summed E-state index contributed by atoms with van der Waals surface area (Å²) in [4.78, 5) is 28.6. The minimum Gasteiger partial charge on any atom is -0.369 e. The number of nitrogens with zero attached hydrogens (tertiary/aromatic N) is 4. The van der Waals surface area contributed by atoms with E-state index in [1.807, 2.05) is 14.0 Å². The van der Waals surface area contributed by atoms with E-state index in [0.717, 1.165) is 17.8 Å². The predicted octanol–water partition coefficient (Wildman–Crippen LogP) is 0.240. The molecule has 2 atom stereocenters. The lowest BCUT2D eigenvalue weighted by atomic mass is 9.89. The van der Waals surface area contributed by atoms with Gasteiger partial charge in [-0.05, 0) is 31.9 Å². The van der Waals surface area contributed by atoms with Crippen LogP contribution in [0.3, 0.4) is 0 Å². The van der Waals surface area contributed by atoms with Crippen LogP contribution in [-0.4, -0.2) is 63.6 Å². The molecule has 0 aromatic carbocycles. The molecule has 2 fully saturated rings. The molecule has 0 unspecified atom stereocenters. The number of likely N-dealkylation sites (N-methyl/N-ethyl adjacent to an activating group) is 1. The molecule has 3 rings (SSSR count). The summed E-state index contributed by atoms with van der Waals surface area (Å²) in [6, 6.07) is 0.560. The monoisotopic (exact) mass is 333 g/mol. The molecule has 0 bridgehead atoms. The van der Waals surface area contributed by atoms with Gasteiger partial charge in [0.05, 0.1) is 18.7 Å². The van der Waals surface area contributed by atoms with Gasteiger partial charge in [0.1, 0.15) is 0 Å². The van der Waals surface area contributed by atoms with Crippen molar-refractivity contribution in [1.29, 1.82) is 0 Å². The number of aryl methyl sites for hydroxylation is 1. The molecule has 2 heterocycles. The van der Waals surface area contributed by atoms with Gasteiger partial charge in [-0.25, -0.2) is 0 Å². The lowest BCUT2D eigenvalue weighted by Gasteiger charge is -2.23. The Labute approximate surface area is 142 Å². The minimum absolute atomic E-state index is 0.0591. The van der Waals surface area contributed by atoms with Gasteiger partial charge in [-0.2, -0.15) is 5.10 Å². The second kappa shape index (κ2) is 6.55. The third-order valence-corrected chi connectivity index (χ3v) is 5.52. The summed E-state index contributed by atoms with van der Waals surface area (Å²) in [7, 11) is 1.88. The fourth-order valence-electron chi connectivity index (χ4n) is 3.70. The van der Waals surface area contributed by atoms with Crippen molar-refractivity contribution in [3.8, 4) is 0 Å². The van der Waals surface area contributed by atoms with Gasteiger partial charge in [0.15, 0.2) is 0 Å². The summed E-state index contributed by atoms with van der Waals surface area (Å²) in [5, 5.41) is 4.27. The van der Waals surface area contributed by atoms with Crippen LogP contribution in [0, 0.1) is 12.8 Å². The zero-order valence-corrected chi connectivity index (χ0v) is 14.7. The van der Waals surface area contributed by atoms with E-state index in [0.29, 0.717) is 25.7 Å². The Morgan fingerprint density at radius 3 is 2.58 bits per heavy atom. The van der Waals surface area contributed by atoms with E-state index in [4.69, 9.17) is 5.73 Å². The zero-order valence-electron chi connectivity index (χ0n) is 14.7. The smallest absolute Gasteiger partial charge is 0.236 e. The molecule has 1 aromatic rings. The van der Waals surface area contributed by atoms with Crippen molar-refractivity contribution in [2.24, 2.45) is 18.7 Å². The molecule has 1 aromatic heterocycles. The summed E-state index contributed by atoms with van der Waals surface area (Å²) in [5.74, 6) is -0.642. The lowest BCUT2D eigenvalue weighted by molar-refractivity contribution is -0.131. The van der Waals surface area contributed by atoms with Crippen LogP contribution in [0.2, 0.25) is 0 Å². The number of rotatable bonds is 6. The van der Waals surface area contributed by atoms with E-state index < -0.39 is 0 Å². The number of carbonyl (C=O) groups is 2. The van der Waals surface area contributed by atoms with Crippen molar-refractivity contribution < 1.29 is 9.59 Å². The highest BCUT2D eigenvalue weighted by atomic mass is 16.2. The normalized spacial score (nSPS) is 23.9. The van der Waals surface area contributed by atoms with Gasteiger partial charge in [0, 0.05) is 37.8 Å². The number of hydrogen-bond acceptors (Lipinski definition) is 4. The molecule has 132 valence electrons. The van der Waals surface area contributed by atoms with Crippen LogP contribution < -0.4 is 5.73 Å². The molecule has 2 amide bonds. The lowest BCUT2D eigenvalue weighted by Crippen LogP contribution is -2.40. The first-order valence-electron chi connectivity index (χ1n) is 8.72. The van der Waals surface area contributed by atoms with Crippen LogP contribution in [0.4, 0.5) is 0 Å². The number of carbonyl (C=O) groups excluding carboxylic acids is 2. The van der Waals surface area contributed by atoms with Gasteiger partial charge in [0.25, 0.3) is 0 Å². The molecule has 1 saturated heterocycles. The van der Waals surface area contributed by atoms with Crippen molar-refractivity contribution in [2.45, 2.75) is 38.6 Å². The van der Waals surface area contributed by atoms with Crippen molar-refractivity contribution in [3.63, 3.8) is 0 Å². The van der Waals surface area contributed by atoms with Crippen LogP contribution in [-0.2, 0) is 16.6 Å². The fourth-order valence-corrected chi connectivity index (χ4v) is 3.70. The minimum atomic E-state index is -0.340. The maximum atomic E-state index is 12.7. The number of hydrogen-bond donors (Lipinski definition) is 1. The van der Waals surface area contributed by atoms with E-state index in [1.165, 1.54) is 12.8 Å². The molecule has 24 heavy (non-hydrogen) atoms. The van der Waals surface area contributed by atoms with Crippen LogP contribution in [0.25, 0.3) is 0 Å². The highest BCUT2D eigenvalue weighted by molar-refractivity contribution is 5.83. The first-order valence-corrected chi connectivity index (χ1v) is 8.72. The third-order valence-electron chi connectivity index (χ3n) is 5.52. The molecule has 1 saturated carbocycles. The molecule has 2 N–H and O–H groups in total. The maximum absolute atomic E-state index is 12.7. The van der Waals surface area contributed by atoms with E-state index in [-0.39, 0.29) is 23.7 Å². The van der Waals surface area contributed by atoms with Crippen molar-refractivity contribution in [1.82, 2.24) is 19.6 Å². The van der Waals surface area contributed by atoms with Gasteiger partial charge in [-0.15, -0.1) is 0 Å². The molecule has 0 radical (unpaired) electrons. The summed E-state index contributed by atoms with van der Waals surface area (Å²) in [5.41, 5.74) is 7.66. The first-order chi connectivity index (χ1) is 11.4. The number of likely N-dealkylation sites (tertiary alicyclic amines) is 1. The van der Waals surface area contributed by atoms with E-state index >= 15 is 0 Å². The summed E-state index contributed by atoms with van der Waals surface area (Å²) < 4.78 is 1.80. The Kier molecular flexibility index (Phi) is 4.62. The zero-order chi connectivity index (χ0) is 17.4. The van der Waals surface area contributed by atoms with E-state index in [1.54, 1.807) is 15.8 Å². The van der Waals surface area contributed by atoms with Crippen LogP contribution >= 0.6 is 0 Å². The Balaban J connectivity index is 1.73. The second-order valence-corrected chi connectivity index (χ2v) is 7.02. The molecule has 2 aliphatic rings. The number of amides is 2. The van der Waals surface area contributed by atoms with E-state index in [2.05, 4.69) is 16.9 Å². The molecule has 1 aliphatic heterocycles. The highest BCUT2D eigenvalue weighted by Crippen LogP contribution is 2.34. The number of nitrogens with two attached hydrogens (primary N) is 1. The Hall–Kier alpha value is -1.89. The Bertz CT molecular complexity index is 637. The van der Waals surface area contributed by atoms with Gasteiger partial charge < -0.3 is 10.6 Å². The molecule has 0 spiro atoms. The average molecular weight is 333 g/mol. The van der Waals surface area contributed by atoms with E-state index in [9.17, 15) is 9.59 Å². The quantitative estimate of drug-likeness (QED) is 0.808. The highest BCUT2D eigenvalue weighted by Gasteiger charge is 2.41. The topological polar surface area (TPSA) is 84.5 Å². The third kappa shape index (κ3) is 3.17. The number of aromatic nitrogens is 2. The van der Waals surface area contributed by atoms with Crippen LogP contribution in [0.15, 0.2) is 6.20 Å². The van der Waals surface area contributed by atoms with Crippen LogP contribution in [0.5, 0.6) is 0 Å². The van der Waals surface area contributed by atoms with Crippen molar-refractivity contribution in [3.05, 3.63) is 17.5 Å². The molecule has 1 aliphatic carbocycles. The predicted molar refractivity (Wildman–Crippen MR) is 90.2 cm³/mol. The summed E-state index contributed by atoms with van der Waals surface area (Å²) in [6.07, 6.45) is 4.16. The maximum Gasteiger partial charge on any atom is 0.236 e. The standard InChI is InChI=1S/C17H27N5O2/c1-4-21(12-5-6-12)10-16(23)22-8-14(15(9-22)17(18)24)13-7-19-20(3)11(13)2/h7,12,14-15H,4-6,8-10H2,1-3H3,(H2,18,24)/t14-,15+/m1/s1. The summed E-state index contributed by atoms with van der Waals surface area (Å²) >= 11 is 0. The Morgan fingerprint density at radius 2 is 2.08 bits per heavy atom. The fraction of sp³-hybridized carbons (Fsp3) is 0.706. The first kappa shape index (κ1) is 17.0. The number of primary amides is 1. The van der Waals surface area contributed by atoms with Crippen molar-refractivity contribution in [2.75, 3.05) is 26.2 Å². The van der Waals surface area contributed by atoms with Crippen LogP contribution in [0.1, 0.15) is 36.9 Å². The average Bonchev–Trinajstić information content (AvgIpc) is 3.21. The van der Waals surface area contributed by atoms with Gasteiger partial charge >= 0.3 is 0 Å². The SMILES string of the molecule is CCN(CC(=O)N1C[C@H](C(N)=O)[C@@H](c2cnn(C)c2C)C1)C1CC1. The second-order valence-electron chi connectivity index (χ2n) is 7.02.